The molecule has 0 spiro atoms. The van der Waals surface area contributed by atoms with E-state index in [0.717, 1.165) is 23.0 Å². The van der Waals surface area contributed by atoms with Crippen LogP contribution in [-0.4, -0.2) is 10.2 Å². The number of halogens is 1. The first kappa shape index (κ1) is 9.87. The number of hydrogen-bond acceptors (Lipinski definition) is 1. The van der Waals surface area contributed by atoms with Crippen molar-refractivity contribution in [2.75, 3.05) is 5.33 Å². The van der Waals surface area contributed by atoms with E-state index in [-0.39, 0.29) is 0 Å². The lowest BCUT2D eigenvalue weighted by molar-refractivity contribution is 1.28. The summed E-state index contributed by atoms with van der Waals surface area (Å²) in [5.41, 5.74) is 1.28. The van der Waals surface area contributed by atoms with Crippen molar-refractivity contribution in [3.63, 3.8) is 0 Å². The van der Waals surface area contributed by atoms with E-state index >= 15 is 0 Å². The van der Waals surface area contributed by atoms with Gasteiger partial charge in [0, 0.05) is 16.6 Å². The molecular formula is C10H11BrS. The number of thiocarbonyl (C=S) groups is 1. The Bertz CT molecular complexity index is 249. The Hall–Kier alpha value is -0.210. The molecule has 0 radical (unpaired) electrons. The molecule has 12 heavy (non-hydrogen) atoms. The van der Waals surface area contributed by atoms with E-state index in [1.165, 1.54) is 5.57 Å². The van der Waals surface area contributed by atoms with Gasteiger partial charge in [0.25, 0.3) is 0 Å². The maximum atomic E-state index is 5.21. The Labute approximate surface area is 87.2 Å². The van der Waals surface area contributed by atoms with E-state index in [1.54, 1.807) is 0 Å². The largest absolute Gasteiger partial charge is 0.0883 e. The van der Waals surface area contributed by atoms with Crippen LogP contribution in [0, 0.1) is 0 Å². The second kappa shape index (κ2) is 5.44. The quantitative estimate of drug-likeness (QED) is 0.414. The van der Waals surface area contributed by atoms with Crippen molar-refractivity contribution < 1.29 is 0 Å². The highest BCUT2D eigenvalue weighted by Crippen LogP contribution is 2.13. The lowest BCUT2D eigenvalue weighted by Crippen LogP contribution is -1.99. The second-order valence-corrected chi connectivity index (χ2v) is 3.72. The fraction of sp³-hybridized carbons (Fsp3) is 0.300. The summed E-state index contributed by atoms with van der Waals surface area (Å²) >= 11 is 8.55. The van der Waals surface area contributed by atoms with Gasteiger partial charge in [-0.25, -0.2) is 0 Å². The summed E-state index contributed by atoms with van der Waals surface area (Å²) < 4.78 is 0. The molecule has 0 aromatic heterocycles. The summed E-state index contributed by atoms with van der Waals surface area (Å²) in [6.45, 7) is 0. The summed E-state index contributed by atoms with van der Waals surface area (Å²) in [6, 6.07) is 0. The zero-order chi connectivity index (χ0) is 8.81. The van der Waals surface area contributed by atoms with E-state index in [4.69, 9.17) is 12.2 Å². The SMILES string of the molecule is S=C1CC=CC=C1CC=CCBr. The molecule has 0 bridgehead atoms. The topological polar surface area (TPSA) is 0 Å². The van der Waals surface area contributed by atoms with Gasteiger partial charge in [0.15, 0.2) is 0 Å². The van der Waals surface area contributed by atoms with E-state index in [9.17, 15) is 0 Å². The minimum Gasteiger partial charge on any atom is -0.0883 e. The van der Waals surface area contributed by atoms with Gasteiger partial charge in [-0.3, -0.25) is 0 Å². The third kappa shape index (κ3) is 3.03. The summed E-state index contributed by atoms with van der Waals surface area (Å²) in [5, 5.41) is 0.920. The third-order valence-electron chi connectivity index (χ3n) is 1.69. The molecular weight excluding hydrogens is 232 g/mol. The lowest BCUT2D eigenvalue weighted by Gasteiger charge is -2.07. The van der Waals surface area contributed by atoms with Crippen molar-refractivity contribution in [2.45, 2.75) is 12.8 Å². The first-order valence-electron chi connectivity index (χ1n) is 3.94. The van der Waals surface area contributed by atoms with Gasteiger partial charge in [-0.1, -0.05) is 58.5 Å². The van der Waals surface area contributed by atoms with Gasteiger partial charge < -0.3 is 0 Å². The van der Waals surface area contributed by atoms with Crippen LogP contribution in [0.4, 0.5) is 0 Å². The molecule has 0 aliphatic heterocycles. The van der Waals surface area contributed by atoms with Gasteiger partial charge in [-0.2, -0.15) is 0 Å². The molecule has 64 valence electrons. The predicted octanol–water partition coefficient (Wildman–Crippen LogP) is 3.58. The summed E-state index contributed by atoms with van der Waals surface area (Å²) in [4.78, 5) is 1.08. The Morgan fingerprint density at radius 2 is 2.33 bits per heavy atom. The van der Waals surface area contributed by atoms with Gasteiger partial charge in [-0.05, 0) is 12.0 Å². The zero-order valence-corrected chi connectivity index (χ0v) is 9.20. The normalized spacial score (nSPS) is 17.1. The average molecular weight is 243 g/mol. The molecule has 1 rings (SSSR count). The van der Waals surface area contributed by atoms with Crippen LogP contribution in [0.25, 0.3) is 0 Å². The molecule has 0 atom stereocenters. The van der Waals surface area contributed by atoms with Crippen molar-refractivity contribution in [1.29, 1.82) is 0 Å². The van der Waals surface area contributed by atoms with Gasteiger partial charge in [0.1, 0.15) is 0 Å². The van der Waals surface area contributed by atoms with Gasteiger partial charge in [-0.15, -0.1) is 0 Å². The van der Waals surface area contributed by atoms with Crippen LogP contribution >= 0.6 is 28.1 Å². The predicted molar refractivity (Wildman–Crippen MR) is 62.0 cm³/mol. The van der Waals surface area contributed by atoms with Gasteiger partial charge in [0.05, 0.1) is 0 Å². The third-order valence-corrected chi connectivity index (χ3v) is 2.49. The highest BCUT2D eigenvalue weighted by Gasteiger charge is 2.03. The fourth-order valence-corrected chi connectivity index (χ4v) is 1.55. The molecule has 0 aromatic carbocycles. The van der Waals surface area contributed by atoms with E-state index < -0.39 is 0 Å². The number of rotatable bonds is 3. The average Bonchev–Trinajstić information content (AvgIpc) is 2.09. The van der Waals surface area contributed by atoms with Crippen LogP contribution in [0.1, 0.15) is 12.8 Å². The lowest BCUT2D eigenvalue weighted by atomic mass is 10.0. The molecule has 0 N–H and O–H groups in total. The molecule has 0 aromatic rings. The summed E-state index contributed by atoms with van der Waals surface area (Å²) in [5.74, 6) is 0. The minimum absolute atomic E-state index is 0.920. The monoisotopic (exact) mass is 242 g/mol. The molecule has 0 saturated heterocycles. The number of hydrogen-bond donors (Lipinski definition) is 0. The Morgan fingerprint density at radius 1 is 1.50 bits per heavy atom. The van der Waals surface area contributed by atoms with Crippen LogP contribution < -0.4 is 0 Å². The molecule has 2 heteroatoms. The summed E-state index contributed by atoms with van der Waals surface area (Å²) in [6.07, 6.45) is 12.4. The smallest absolute Gasteiger partial charge is 0.0225 e. The van der Waals surface area contributed by atoms with Crippen molar-refractivity contribution in [3.05, 3.63) is 36.0 Å². The first-order chi connectivity index (χ1) is 5.84. The van der Waals surface area contributed by atoms with Crippen molar-refractivity contribution in [1.82, 2.24) is 0 Å². The van der Waals surface area contributed by atoms with Gasteiger partial charge in [0.2, 0.25) is 0 Å². The molecule has 0 unspecified atom stereocenters. The van der Waals surface area contributed by atoms with E-state index in [2.05, 4.69) is 46.3 Å². The van der Waals surface area contributed by atoms with Gasteiger partial charge >= 0.3 is 0 Å². The number of allylic oxidation sites excluding steroid dienone is 6. The van der Waals surface area contributed by atoms with Crippen LogP contribution in [0.15, 0.2) is 36.0 Å². The highest BCUT2D eigenvalue weighted by molar-refractivity contribution is 9.09. The van der Waals surface area contributed by atoms with Crippen LogP contribution in [0.5, 0.6) is 0 Å². The molecule has 0 fully saturated rings. The molecule has 0 nitrogen and oxygen atoms in total. The first-order valence-corrected chi connectivity index (χ1v) is 5.47. The standard InChI is InChI=1S/C10H11BrS/c11-8-4-3-6-9-5-1-2-7-10(9)12/h1-5H,6-8H2. The molecule has 0 saturated carbocycles. The Morgan fingerprint density at radius 3 is 3.00 bits per heavy atom. The second-order valence-electron chi connectivity index (χ2n) is 2.58. The molecule has 0 amide bonds. The molecule has 1 aliphatic rings. The fourth-order valence-electron chi connectivity index (χ4n) is 1.04. The maximum absolute atomic E-state index is 5.21. The van der Waals surface area contributed by atoms with Crippen LogP contribution in [0.3, 0.4) is 0 Å². The van der Waals surface area contributed by atoms with Crippen molar-refractivity contribution >= 4 is 33.0 Å². The number of alkyl halides is 1. The van der Waals surface area contributed by atoms with E-state index in [0.29, 0.717) is 0 Å². The Kier molecular flexibility index (Phi) is 4.48. The van der Waals surface area contributed by atoms with Crippen LogP contribution in [-0.2, 0) is 0 Å². The van der Waals surface area contributed by atoms with E-state index in [1.807, 2.05) is 0 Å². The van der Waals surface area contributed by atoms with Crippen molar-refractivity contribution in [3.8, 4) is 0 Å². The highest BCUT2D eigenvalue weighted by atomic mass is 79.9. The molecule has 1 aliphatic carbocycles. The molecule has 0 heterocycles. The summed E-state index contributed by atoms with van der Waals surface area (Å²) in [7, 11) is 0. The minimum atomic E-state index is 0.920. The van der Waals surface area contributed by atoms with Crippen molar-refractivity contribution in [2.24, 2.45) is 0 Å². The Balaban J connectivity index is 2.50. The zero-order valence-electron chi connectivity index (χ0n) is 6.79. The maximum Gasteiger partial charge on any atom is 0.0225 e. The van der Waals surface area contributed by atoms with Crippen LogP contribution in [0.2, 0.25) is 0 Å².